The molecule has 2 aliphatic carbocycles. The predicted octanol–water partition coefficient (Wildman–Crippen LogP) is 6.76. The van der Waals surface area contributed by atoms with Crippen LogP contribution in [0.25, 0.3) is 5.57 Å². The SMILES string of the molecule is C/C=C(\C(=C(/C)F)C1CCC1)c1cc(C)ccc1OC1CCCC1. The van der Waals surface area contributed by atoms with E-state index in [4.69, 9.17) is 4.74 Å². The molecule has 0 bridgehead atoms. The van der Waals surface area contributed by atoms with Gasteiger partial charge in [0.1, 0.15) is 11.6 Å². The second kappa shape index (κ2) is 7.55. The van der Waals surface area contributed by atoms with Gasteiger partial charge < -0.3 is 4.74 Å². The summed E-state index contributed by atoms with van der Waals surface area (Å²) in [6, 6.07) is 6.32. The van der Waals surface area contributed by atoms with Gasteiger partial charge in [-0.1, -0.05) is 24.1 Å². The number of halogens is 1. The average molecular weight is 328 g/mol. The van der Waals surface area contributed by atoms with Crippen LogP contribution in [-0.4, -0.2) is 6.10 Å². The highest BCUT2D eigenvalue weighted by Crippen LogP contribution is 2.44. The average Bonchev–Trinajstić information content (AvgIpc) is 3.00. The number of hydrogen-bond donors (Lipinski definition) is 0. The zero-order valence-electron chi connectivity index (χ0n) is 15.2. The van der Waals surface area contributed by atoms with Gasteiger partial charge in [-0.05, 0) is 88.5 Å². The van der Waals surface area contributed by atoms with Crippen LogP contribution in [0.4, 0.5) is 4.39 Å². The molecule has 0 spiro atoms. The maximum atomic E-state index is 14.4. The molecule has 0 amide bonds. The first-order valence-electron chi connectivity index (χ1n) is 9.40. The number of ether oxygens (including phenoxy) is 1. The van der Waals surface area contributed by atoms with Crippen molar-refractivity contribution in [2.75, 3.05) is 0 Å². The second-order valence-corrected chi connectivity index (χ2v) is 7.30. The van der Waals surface area contributed by atoms with E-state index in [0.29, 0.717) is 12.0 Å². The molecule has 2 saturated carbocycles. The van der Waals surface area contributed by atoms with Crippen LogP contribution in [0.15, 0.2) is 35.7 Å². The molecule has 0 radical (unpaired) electrons. The monoisotopic (exact) mass is 328 g/mol. The van der Waals surface area contributed by atoms with E-state index in [-0.39, 0.29) is 5.83 Å². The lowest BCUT2D eigenvalue weighted by atomic mass is 9.75. The summed E-state index contributed by atoms with van der Waals surface area (Å²) in [6.07, 6.45) is 10.5. The van der Waals surface area contributed by atoms with E-state index in [1.807, 2.05) is 6.92 Å². The van der Waals surface area contributed by atoms with Crippen LogP contribution >= 0.6 is 0 Å². The first-order chi connectivity index (χ1) is 11.6. The van der Waals surface area contributed by atoms with Crippen molar-refractivity contribution in [2.45, 2.75) is 71.8 Å². The van der Waals surface area contributed by atoms with Gasteiger partial charge in [0.15, 0.2) is 0 Å². The minimum Gasteiger partial charge on any atom is -0.490 e. The molecule has 0 N–H and O–H groups in total. The summed E-state index contributed by atoms with van der Waals surface area (Å²) in [5.41, 5.74) is 4.16. The van der Waals surface area contributed by atoms with Crippen LogP contribution < -0.4 is 4.74 Å². The molecule has 0 aromatic heterocycles. The van der Waals surface area contributed by atoms with Crippen LogP contribution in [0, 0.1) is 12.8 Å². The van der Waals surface area contributed by atoms with Gasteiger partial charge in [-0.15, -0.1) is 0 Å². The van der Waals surface area contributed by atoms with E-state index >= 15 is 0 Å². The number of allylic oxidation sites excluding steroid dienone is 4. The van der Waals surface area contributed by atoms with Crippen LogP contribution in [0.3, 0.4) is 0 Å². The van der Waals surface area contributed by atoms with E-state index in [1.165, 1.54) is 24.8 Å². The van der Waals surface area contributed by atoms with Crippen molar-refractivity contribution in [3.63, 3.8) is 0 Å². The topological polar surface area (TPSA) is 9.23 Å². The van der Waals surface area contributed by atoms with Crippen LogP contribution in [-0.2, 0) is 0 Å². The maximum Gasteiger partial charge on any atom is 0.127 e. The molecule has 0 heterocycles. The van der Waals surface area contributed by atoms with Crippen molar-refractivity contribution in [3.8, 4) is 5.75 Å². The quantitative estimate of drug-likeness (QED) is 0.542. The fourth-order valence-corrected chi connectivity index (χ4v) is 3.98. The third-order valence-corrected chi connectivity index (χ3v) is 5.48. The molecule has 3 rings (SSSR count). The Bertz CT molecular complexity index is 642. The fourth-order valence-electron chi connectivity index (χ4n) is 3.98. The van der Waals surface area contributed by atoms with Crippen molar-refractivity contribution in [1.82, 2.24) is 0 Å². The Hall–Kier alpha value is -1.57. The third kappa shape index (κ3) is 3.58. The number of benzene rings is 1. The highest BCUT2D eigenvalue weighted by atomic mass is 19.1. The molecule has 24 heavy (non-hydrogen) atoms. The summed E-state index contributed by atoms with van der Waals surface area (Å²) in [7, 11) is 0. The Kier molecular flexibility index (Phi) is 5.43. The molecule has 0 saturated heterocycles. The lowest BCUT2D eigenvalue weighted by Crippen LogP contribution is -2.17. The highest BCUT2D eigenvalue weighted by Gasteiger charge is 2.28. The molecule has 0 atom stereocenters. The summed E-state index contributed by atoms with van der Waals surface area (Å²) in [4.78, 5) is 0. The van der Waals surface area contributed by atoms with E-state index in [0.717, 1.165) is 48.1 Å². The van der Waals surface area contributed by atoms with Gasteiger partial charge in [0, 0.05) is 5.56 Å². The molecule has 2 aliphatic rings. The lowest BCUT2D eigenvalue weighted by Gasteiger charge is -2.31. The smallest absolute Gasteiger partial charge is 0.127 e. The van der Waals surface area contributed by atoms with Gasteiger partial charge >= 0.3 is 0 Å². The molecule has 1 aromatic carbocycles. The first kappa shape index (κ1) is 17.3. The Balaban J connectivity index is 1.98. The normalized spacial score (nSPS) is 20.8. The Morgan fingerprint density at radius 2 is 1.83 bits per heavy atom. The number of hydrogen-bond acceptors (Lipinski definition) is 1. The molecule has 0 unspecified atom stereocenters. The molecule has 2 heteroatoms. The van der Waals surface area contributed by atoms with Gasteiger partial charge in [0.05, 0.1) is 6.10 Å². The van der Waals surface area contributed by atoms with Crippen molar-refractivity contribution < 1.29 is 9.13 Å². The standard InChI is InChI=1S/C22H29FO/c1-4-19(22(16(3)23)17-8-7-9-17)20-14-15(2)12-13-21(20)24-18-10-5-6-11-18/h4,12-14,17-18H,5-11H2,1-3H3/b19-4-,22-16+. The summed E-state index contributed by atoms with van der Waals surface area (Å²) in [5, 5.41) is 0. The van der Waals surface area contributed by atoms with Crippen molar-refractivity contribution in [3.05, 3.63) is 46.8 Å². The maximum absolute atomic E-state index is 14.4. The molecule has 2 fully saturated rings. The molecular formula is C22H29FO. The first-order valence-corrected chi connectivity index (χ1v) is 9.40. The van der Waals surface area contributed by atoms with Crippen molar-refractivity contribution >= 4 is 5.57 Å². The summed E-state index contributed by atoms with van der Waals surface area (Å²) >= 11 is 0. The van der Waals surface area contributed by atoms with Crippen molar-refractivity contribution in [1.29, 1.82) is 0 Å². The van der Waals surface area contributed by atoms with E-state index in [2.05, 4.69) is 31.2 Å². The van der Waals surface area contributed by atoms with Crippen LogP contribution in [0.2, 0.25) is 0 Å². The van der Waals surface area contributed by atoms with Crippen LogP contribution in [0.1, 0.15) is 69.9 Å². The summed E-state index contributed by atoms with van der Waals surface area (Å²) in [5.74, 6) is 1.24. The zero-order chi connectivity index (χ0) is 17.1. The highest BCUT2D eigenvalue weighted by molar-refractivity contribution is 5.83. The Morgan fingerprint density at radius 1 is 1.12 bits per heavy atom. The Labute approximate surface area is 145 Å². The van der Waals surface area contributed by atoms with Crippen molar-refractivity contribution in [2.24, 2.45) is 5.92 Å². The molecule has 130 valence electrons. The number of aryl methyl sites for hydroxylation is 1. The Morgan fingerprint density at radius 3 is 2.38 bits per heavy atom. The zero-order valence-corrected chi connectivity index (χ0v) is 15.2. The second-order valence-electron chi connectivity index (χ2n) is 7.30. The summed E-state index contributed by atoms with van der Waals surface area (Å²) in [6.45, 7) is 5.70. The van der Waals surface area contributed by atoms with Gasteiger partial charge in [-0.2, -0.15) is 0 Å². The van der Waals surface area contributed by atoms with E-state index in [1.54, 1.807) is 6.92 Å². The minimum atomic E-state index is -0.0406. The van der Waals surface area contributed by atoms with E-state index in [9.17, 15) is 4.39 Å². The third-order valence-electron chi connectivity index (χ3n) is 5.48. The number of rotatable bonds is 5. The predicted molar refractivity (Wildman–Crippen MR) is 98.9 cm³/mol. The van der Waals surface area contributed by atoms with Crippen LogP contribution in [0.5, 0.6) is 5.75 Å². The van der Waals surface area contributed by atoms with Gasteiger partial charge in [-0.25, -0.2) is 4.39 Å². The molecule has 1 nitrogen and oxygen atoms in total. The lowest BCUT2D eigenvalue weighted by molar-refractivity contribution is 0.209. The molecule has 0 aliphatic heterocycles. The molecule has 1 aromatic rings. The largest absolute Gasteiger partial charge is 0.490 e. The summed E-state index contributed by atoms with van der Waals surface area (Å²) < 4.78 is 20.7. The van der Waals surface area contributed by atoms with Gasteiger partial charge in [0.2, 0.25) is 0 Å². The van der Waals surface area contributed by atoms with Gasteiger partial charge in [0.25, 0.3) is 0 Å². The molecular weight excluding hydrogens is 299 g/mol. The fraction of sp³-hybridized carbons (Fsp3) is 0.545. The minimum absolute atomic E-state index is 0.0406. The van der Waals surface area contributed by atoms with Gasteiger partial charge in [-0.3, -0.25) is 0 Å². The van der Waals surface area contributed by atoms with E-state index < -0.39 is 0 Å².